The zero-order chi connectivity index (χ0) is 12.3. The van der Waals surface area contributed by atoms with Gasteiger partial charge in [-0.25, -0.2) is 4.79 Å². The van der Waals surface area contributed by atoms with Crippen molar-refractivity contribution in [2.75, 3.05) is 12.8 Å². The van der Waals surface area contributed by atoms with Crippen LogP contribution < -0.4 is 5.73 Å². The Hall–Kier alpha value is -1.72. The highest BCUT2D eigenvalue weighted by molar-refractivity contribution is 5.90. The normalized spacial score (nSPS) is 11.2. The van der Waals surface area contributed by atoms with Crippen molar-refractivity contribution in [2.24, 2.45) is 0 Å². The second kappa shape index (κ2) is 4.42. The summed E-state index contributed by atoms with van der Waals surface area (Å²) in [4.78, 5) is 11.1. The van der Waals surface area contributed by atoms with Crippen molar-refractivity contribution in [3.05, 3.63) is 29.3 Å². The number of esters is 1. The first-order valence-corrected chi connectivity index (χ1v) is 4.36. The minimum atomic E-state index is -4.33. The van der Waals surface area contributed by atoms with Crippen LogP contribution in [0.3, 0.4) is 0 Å². The van der Waals surface area contributed by atoms with Gasteiger partial charge in [0.2, 0.25) is 0 Å². The monoisotopic (exact) mass is 233 g/mol. The molecule has 0 aliphatic rings. The highest BCUT2D eigenvalue weighted by Crippen LogP contribution is 2.23. The number of carbonyl (C=O) groups is 1. The smallest absolute Gasteiger partial charge is 0.393 e. The van der Waals surface area contributed by atoms with Crippen LogP contribution in [0.25, 0.3) is 0 Å². The van der Waals surface area contributed by atoms with Gasteiger partial charge in [-0.2, -0.15) is 13.2 Å². The number of nitrogens with two attached hydrogens (primary N) is 1. The van der Waals surface area contributed by atoms with E-state index >= 15 is 0 Å². The molecule has 0 spiro atoms. The maximum absolute atomic E-state index is 12.1. The number of rotatable bonds is 2. The van der Waals surface area contributed by atoms with Crippen molar-refractivity contribution in [2.45, 2.75) is 12.6 Å². The molecule has 1 aromatic rings. The number of nitrogen functional groups attached to an aromatic ring is 1. The lowest BCUT2D eigenvalue weighted by atomic mass is 10.1. The number of anilines is 1. The molecule has 1 rings (SSSR count). The van der Waals surface area contributed by atoms with Crippen molar-refractivity contribution < 1.29 is 22.7 Å². The predicted molar refractivity (Wildman–Crippen MR) is 52.0 cm³/mol. The number of benzene rings is 1. The molecule has 0 aromatic heterocycles. The molecule has 0 unspecified atom stereocenters. The van der Waals surface area contributed by atoms with E-state index in [1.54, 1.807) is 0 Å². The summed E-state index contributed by atoms with van der Waals surface area (Å²) in [6.45, 7) is 0. The zero-order valence-corrected chi connectivity index (χ0v) is 8.47. The maximum Gasteiger partial charge on any atom is 0.393 e. The van der Waals surface area contributed by atoms with Crippen LogP contribution in [0.15, 0.2) is 18.2 Å². The predicted octanol–water partition coefficient (Wildman–Crippen LogP) is 2.16. The van der Waals surface area contributed by atoms with Crippen LogP contribution in [0.1, 0.15) is 15.9 Å². The number of hydrogen-bond acceptors (Lipinski definition) is 3. The molecule has 1 aromatic carbocycles. The van der Waals surface area contributed by atoms with Gasteiger partial charge in [-0.1, -0.05) is 0 Å². The number of carbonyl (C=O) groups excluding carboxylic acids is 1. The highest BCUT2D eigenvalue weighted by atomic mass is 19.4. The topological polar surface area (TPSA) is 52.3 Å². The Kier molecular flexibility index (Phi) is 3.41. The zero-order valence-electron chi connectivity index (χ0n) is 8.47. The average Bonchev–Trinajstić information content (AvgIpc) is 2.12. The summed E-state index contributed by atoms with van der Waals surface area (Å²) < 4.78 is 40.8. The molecular weight excluding hydrogens is 223 g/mol. The van der Waals surface area contributed by atoms with E-state index in [2.05, 4.69) is 4.74 Å². The summed E-state index contributed by atoms with van der Waals surface area (Å²) in [7, 11) is 1.15. The molecule has 3 nitrogen and oxygen atoms in total. The van der Waals surface area contributed by atoms with Crippen LogP contribution in [0.4, 0.5) is 18.9 Å². The quantitative estimate of drug-likeness (QED) is 0.629. The number of alkyl halides is 3. The Morgan fingerprint density at radius 2 is 2.00 bits per heavy atom. The number of ether oxygens (including phenoxy) is 1. The van der Waals surface area contributed by atoms with Gasteiger partial charge in [0, 0.05) is 5.69 Å². The molecule has 0 amide bonds. The summed E-state index contributed by atoms with van der Waals surface area (Å²) in [5, 5.41) is 0. The van der Waals surface area contributed by atoms with E-state index in [0.29, 0.717) is 0 Å². The van der Waals surface area contributed by atoms with Gasteiger partial charge < -0.3 is 10.5 Å². The van der Waals surface area contributed by atoms with Crippen LogP contribution in [0.5, 0.6) is 0 Å². The van der Waals surface area contributed by atoms with Gasteiger partial charge in [-0.05, 0) is 23.8 Å². The lowest BCUT2D eigenvalue weighted by Gasteiger charge is -2.08. The van der Waals surface area contributed by atoms with Crippen molar-refractivity contribution >= 4 is 11.7 Å². The Bertz CT molecular complexity index is 402. The van der Waals surface area contributed by atoms with Gasteiger partial charge in [0.15, 0.2) is 0 Å². The third-order valence-electron chi connectivity index (χ3n) is 1.84. The van der Waals surface area contributed by atoms with Crippen LogP contribution in [-0.4, -0.2) is 19.3 Å². The fraction of sp³-hybridized carbons (Fsp3) is 0.300. The second-order valence-electron chi connectivity index (χ2n) is 3.25. The summed E-state index contributed by atoms with van der Waals surface area (Å²) in [6, 6.07) is 3.57. The molecule has 0 saturated carbocycles. The number of methoxy groups -OCH3 is 1. The Morgan fingerprint density at radius 3 is 2.50 bits per heavy atom. The third kappa shape index (κ3) is 3.45. The summed E-state index contributed by atoms with van der Waals surface area (Å²) >= 11 is 0. The van der Waals surface area contributed by atoms with Gasteiger partial charge in [0.1, 0.15) is 0 Å². The third-order valence-corrected chi connectivity index (χ3v) is 1.84. The van der Waals surface area contributed by atoms with E-state index in [9.17, 15) is 18.0 Å². The summed E-state index contributed by atoms with van der Waals surface area (Å²) in [6.07, 6.45) is -5.46. The number of halogens is 3. The lowest BCUT2D eigenvalue weighted by Crippen LogP contribution is -2.13. The molecule has 0 aliphatic heterocycles. The molecule has 0 aliphatic carbocycles. The van der Waals surface area contributed by atoms with Gasteiger partial charge in [-0.15, -0.1) is 0 Å². The van der Waals surface area contributed by atoms with Gasteiger partial charge in [0.05, 0.1) is 19.1 Å². The highest BCUT2D eigenvalue weighted by Gasteiger charge is 2.28. The van der Waals surface area contributed by atoms with Crippen molar-refractivity contribution in [3.63, 3.8) is 0 Å². The molecule has 16 heavy (non-hydrogen) atoms. The van der Waals surface area contributed by atoms with Gasteiger partial charge >= 0.3 is 12.1 Å². The van der Waals surface area contributed by atoms with Crippen LogP contribution in [0, 0.1) is 0 Å². The molecule has 88 valence electrons. The van der Waals surface area contributed by atoms with E-state index in [0.717, 1.165) is 13.2 Å². The Balaban J connectivity index is 3.03. The molecule has 0 bridgehead atoms. The van der Waals surface area contributed by atoms with Crippen molar-refractivity contribution in [1.29, 1.82) is 0 Å². The van der Waals surface area contributed by atoms with Crippen molar-refractivity contribution in [3.8, 4) is 0 Å². The molecule has 0 radical (unpaired) electrons. The minimum Gasteiger partial charge on any atom is -0.465 e. The van der Waals surface area contributed by atoms with E-state index in [1.807, 2.05) is 0 Å². The largest absolute Gasteiger partial charge is 0.465 e. The molecular formula is C10H10F3NO2. The minimum absolute atomic E-state index is 0.0155. The van der Waals surface area contributed by atoms with Gasteiger partial charge in [-0.3, -0.25) is 0 Å². The average molecular weight is 233 g/mol. The fourth-order valence-electron chi connectivity index (χ4n) is 1.29. The first kappa shape index (κ1) is 12.4. The molecule has 0 fully saturated rings. The van der Waals surface area contributed by atoms with E-state index < -0.39 is 18.6 Å². The Morgan fingerprint density at radius 1 is 1.38 bits per heavy atom. The molecule has 0 atom stereocenters. The maximum atomic E-state index is 12.1. The van der Waals surface area contributed by atoms with Crippen LogP contribution in [0.2, 0.25) is 0 Å². The molecule has 0 saturated heterocycles. The Labute approximate surface area is 90.0 Å². The standard InChI is InChI=1S/C10H10F3NO2/c1-16-9(15)7-2-6(3-8(14)4-7)5-10(11,12)13/h2-4H,5,14H2,1H3. The molecule has 6 heteroatoms. The number of hydrogen-bond donors (Lipinski definition) is 1. The summed E-state index contributed by atoms with van der Waals surface area (Å²) in [5.74, 6) is -0.712. The van der Waals surface area contributed by atoms with Crippen LogP contribution >= 0.6 is 0 Å². The SMILES string of the molecule is COC(=O)c1cc(N)cc(CC(F)(F)F)c1. The molecule has 2 N–H and O–H groups in total. The van der Waals surface area contributed by atoms with E-state index in [4.69, 9.17) is 5.73 Å². The van der Waals surface area contributed by atoms with Crippen LogP contribution in [-0.2, 0) is 11.2 Å². The first-order valence-electron chi connectivity index (χ1n) is 4.36. The molecule has 0 heterocycles. The lowest BCUT2D eigenvalue weighted by molar-refractivity contribution is -0.127. The summed E-state index contributed by atoms with van der Waals surface area (Å²) in [5.41, 5.74) is 5.45. The fourth-order valence-corrected chi connectivity index (χ4v) is 1.29. The van der Waals surface area contributed by atoms with E-state index in [1.165, 1.54) is 12.1 Å². The van der Waals surface area contributed by atoms with Crippen molar-refractivity contribution in [1.82, 2.24) is 0 Å². The van der Waals surface area contributed by atoms with E-state index in [-0.39, 0.29) is 16.8 Å². The first-order chi connectivity index (χ1) is 7.31. The second-order valence-corrected chi connectivity index (χ2v) is 3.25. The van der Waals surface area contributed by atoms with Gasteiger partial charge in [0.25, 0.3) is 0 Å².